The fourth-order valence-electron chi connectivity index (χ4n) is 1.45. The van der Waals surface area contributed by atoms with Gasteiger partial charge in [0.1, 0.15) is 0 Å². The van der Waals surface area contributed by atoms with Gasteiger partial charge in [-0.25, -0.2) is 0 Å². The zero-order valence-electron chi connectivity index (χ0n) is 9.18. The van der Waals surface area contributed by atoms with Crippen molar-refractivity contribution in [3.8, 4) is 12.3 Å². The van der Waals surface area contributed by atoms with Crippen LogP contribution in [0.25, 0.3) is 0 Å². The summed E-state index contributed by atoms with van der Waals surface area (Å²) in [4.78, 5) is 16.3. The number of carboxylic acids is 1. The third-order valence-corrected chi connectivity index (χ3v) is 2.01. The van der Waals surface area contributed by atoms with Gasteiger partial charge in [0, 0.05) is 18.9 Å². The molecule has 1 aromatic rings. The van der Waals surface area contributed by atoms with Crippen LogP contribution in [0.5, 0.6) is 0 Å². The van der Waals surface area contributed by atoms with E-state index >= 15 is 0 Å². The lowest BCUT2D eigenvalue weighted by molar-refractivity contribution is -0.138. The number of aliphatic carboxylic acids is 1. The number of aryl methyl sites for hydroxylation is 1. The van der Waals surface area contributed by atoms with Gasteiger partial charge in [0.15, 0.2) is 0 Å². The predicted octanol–water partition coefficient (Wildman–Crippen LogP) is 0.910. The predicted molar refractivity (Wildman–Crippen MR) is 60.7 cm³/mol. The Morgan fingerprint density at radius 3 is 2.94 bits per heavy atom. The second-order valence-corrected chi connectivity index (χ2v) is 3.61. The number of carboxylic acid groups (broad SMARTS) is 1. The Labute approximate surface area is 94.9 Å². The second-order valence-electron chi connectivity index (χ2n) is 3.61. The maximum absolute atomic E-state index is 10.6. The Kier molecular flexibility index (Phi) is 4.49. The lowest BCUT2D eigenvalue weighted by Gasteiger charge is -2.17. The summed E-state index contributed by atoms with van der Waals surface area (Å²) in [7, 11) is 0. The molecule has 0 aliphatic carbocycles. The molecule has 0 aromatic carbocycles. The molecule has 84 valence electrons. The summed E-state index contributed by atoms with van der Waals surface area (Å²) in [6, 6.07) is 1.97. The smallest absolute Gasteiger partial charge is 0.317 e. The van der Waals surface area contributed by atoms with Gasteiger partial charge in [-0.2, -0.15) is 0 Å². The van der Waals surface area contributed by atoms with Crippen LogP contribution in [0.2, 0.25) is 0 Å². The van der Waals surface area contributed by atoms with E-state index in [1.54, 1.807) is 17.3 Å². The Bertz CT molecular complexity index is 410. The van der Waals surface area contributed by atoms with Gasteiger partial charge in [-0.3, -0.25) is 14.7 Å². The summed E-state index contributed by atoms with van der Waals surface area (Å²) >= 11 is 0. The minimum absolute atomic E-state index is 0.0574. The number of nitrogens with zero attached hydrogens (tertiary/aromatic N) is 2. The number of rotatable bonds is 5. The Morgan fingerprint density at radius 1 is 1.62 bits per heavy atom. The van der Waals surface area contributed by atoms with Gasteiger partial charge in [0.25, 0.3) is 0 Å². The van der Waals surface area contributed by atoms with E-state index in [0.717, 1.165) is 11.1 Å². The fourth-order valence-corrected chi connectivity index (χ4v) is 1.45. The normalized spacial score (nSPS) is 10.1. The SMILES string of the molecule is C#CCN(CC(=O)O)Cc1cncc(C)c1. The molecule has 0 bridgehead atoms. The molecule has 0 aliphatic heterocycles. The highest BCUT2D eigenvalue weighted by atomic mass is 16.4. The summed E-state index contributed by atoms with van der Waals surface area (Å²) in [5.74, 6) is 1.57. The van der Waals surface area contributed by atoms with Crippen LogP contribution in [0.4, 0.5) is 0 Å². The van der Waals surface area contributed by atoms with Crippen LogP contribution in [0.1, 0.15) is 11.1 Å². The molecule has 4 nitrogen and oxygen atoms in total. The highest BCUT2D eigenvalue weighted by Crippen LogP contribution is 2.05. The Balaban J connectivity index is 2.68. The lowest BCUT2D eigenvalue weighted by atomic mass is 10.2. The molecule has 4 heteroatoms. The van der Waals surface area contributed by atoms with Crippen LogP contribution < -0.4 is 0 Å². The van der Waals surface area contributed by atoms with Crippen LogP contribution in [0, 0.1) is 19.3 Å². The van der Waals surface area contributed by atoms with Crippen molar-refractivity contribution in [2.45, 2.75) is 13.5 Å². The number of hydrogen-bond donors (Lipinski definition) is 1. The molecule has 0 fully saturated rings. The van der Waals surface area contributed by atoms with E-state index in [0.29, 0.717) is 13.1 Å². The van der Waals surface area contributed by atoms with Crippen LogP contribution in [-0.2, 0) is 11.3 Å². The molecule has 0 atom stereocenters. The maximum Gasteiger partial charge on any atom is 0.317 e. The van der Waals surface area contributed by atoms with E-state index in [-0.39, 0.29) is 6.54 Å². The van der Waals surface area contributed by atoms with Gasteiger partial charge in [0.05, 0.1) is 13.1 Å². The number of terminal acetylenes is 1. The molecular formula is C12H14N2O2. The van der Waals surface area contributed by atoms with Gasteiger partial charge in [-0.15, -0.1) is 6.42 Å². The van der Waals surface area contributed by atoms with Crippen molar-refractivity contribution in [1.29, 1.82) is 0 Å². The van der Waals surface area contributed by atoms with Gasteiger partial charge in [-0.05, 0) is 18.1 Å². The average molecular weight is 218 g/mol. The zero-order valence-corrected chi connectivity index (χ0v) is 9.18. The van der Waals surface area contributed by atoms with Crippen molar-refractivity contribution >= 4 is 5.97 Å². The van der Waals surface area contributed by atoms with Crippen LogP contribution in [-0.4, -0.2) is 34.0 Å². The highest BCUT2D eigenvalue weighted by Gasteiger charge is 2.09. The molecule has 1 heterocycles. The third kappa shape index (κ3) is 4.11. The largest absolute Gasteiger partial charge is 0.480 e. The molecule has 1 rings (SSSR count). The van der Waals surface area contributed by atoms with E-state index in [1.165, 1.54) is 0 Å². The van der Waals surface area contributed by atoms with Crippen molar-refractivity contribution in [1.82, 2.24) is 9.88 Å². The van der Waals surface area contributed by atoms with Gasteiger partial charge >= 0.3 is 5.97 Å². The number of carbonyl (C=O) groups is 1. The Hall–Kier alpha value is -1.86. The first-order chi connectivity index (χ1) is 7.61. The number of aromatic nitrogens is 1. The molecule has 0 aliphatic rings. The van der Waals surface area contributed by atoms with Crippen LogP contribution >= 0.6 is 0 Å². The molecule has 0 amide bonds. The highest BCUT2D eigenvalue weighted by molar-refractivity contribution is 5.69. The standard InChI is InChI=1S/C12H14N2O2/c1-3-4-14(9-12(15)16)8-11-5-10(2)6-13-7-11/h1,5-7H,4,8-9H2,2H3,(H,15,16). The Morgan fingerprint density at radius 2 is 2.38 bits per heavy atom. The molecule has 0 saturated heterocycles. The second kappa shape index (κ2) is 5.89. The van der Waals surface area contributed by atoms with Crippen LogP contribution in [0.15, 0.2) is 18.5 Å². The summed E-state index contributed by atoms with van der Waals surface area (Å²) in [5, 5.41) is 8.72. The molecular weight excluding hydrogens is 204 g/mol. The van der Waals surface area contributed by atoms with E-state index in [4.69, 9.17) is 11.5 Å². The number of pyridine rings is 1. The van der Waals surface area contributed by atoms with E-state index < -0.39 is 5.97 Å². The average Bonchev–Trinajstić information content (AvgIpc) is 2.16. The van der Waals surface area contributed by atoms with Gasteiger partial charge < -0.3 is 5.11 Å². The lowest BCUT2D eigenvalue weighted by Crippen LogP contribution is -2.29. The number of hydrogen-bond acceptors (Lipinski definition) is 3. The summed E-state index contributed by atoms with van der Waals surface area (Å²) in [6.07, 6.45) is 8.67. The maximum atomic E-state index is 10.6. The zero-order chi connectivity index (χ0) is 12.0. The van der Waals surface area contributed by atoms with Crippen molar-refractivity contribution in [2.24, 2.45) is 0 Å². The van der Waals surface area contributed by atoms with Crippen molar-refractivity contribution < 1.29 is 9.90 Å². The van der Waals surface area contributed by atoms with E-state index in [9.17, 15) is 4.79 Å². The summed E-state index contributed by atoms with van der Waals surface area (Å²) in [6.45, 7) is 2.71. The molecule has 0 spiro atoms. The van der Waals surface area contributed by atoms with Gasteiger partial charge in [-0.1, -0.05) is 12.0 Å². The van der Waals surface area contributed by atoms with Crippen LogP contribution in [0.3, 0.4) is 0 Å². The third-order valence-electron chi connectivity index (χ3n) is 2.01. The van der Waals surface area contributed by atoms with E-state index in [1.807, 2.05) is 13.0 Å². The first-order valence-corrected chi connectivity index (χ1v) is 4.90. The monoisotopic (exact) mass is 218 g/mol. The molecule has 0 saturated carbocycles. The molecule has 0 radical (unpaired) electrons. The van der Waals surface area contributed by atoms with Crippen molar-refractivity contribution in [3.63, 3.8) is 0 Å². The first kappa shape index (κ1) is 12.2. The topological polar surface area (TPSA) is 53.4 Å². The molecule has 1 N–H and O–H groups in total. The summed E-state index contributed by atoms with van der Waals surface area (Å²) in [5.41, 5.74) is 2.02. The van der Waals surface area contributed by atoms with Gasteiger partial charge in [0.2, 0.25) is 0 Å². The quantitative estimate of drug-likeness (QED) is 0.746. The first-order valence-electron chi connectivity index (χ1n) is 4.90. The van der Waals surface area contributed by atoms with Crippen molar-refractivity contribution in [3.05, 3.63) is 29.6 Å². The van der Waals surface area contributed by atoms with Crippen molar-refractivity contribution in [2.75, 3.05) is 13.1 Å². The van der Waals surface area contributed by atoms with E-state index in [2.05, 4.69) is 10.9 Å². The molecule has 16 heavy (non-hydrogen) atoms. The summed E-state index contributed by atoms with van der Waals surface area (Å²) < 4.78 is 0. The minimum atomic E-state index is -0.879. The minimum Gasteiger partial charge on any atom is -0.480 e. The fraction of sp³-hybridized carbons (Fsp3) is 0.333. The molecule has 0 unspecified atom stereocenters. The molecule has 1 aromatic heterocycles.